The average molecular weight is 429 g/mol. The summed E-state index contributed by atoms with van der Waals surface area (Å²) in [4.78, 5) is 25.8. The Morgan fingerprint density at radius 1 is 1.14 bits per heavy atom. The van der Waals surface area contributed by atoms with E-state index in [2.05, 4.69) is 16.3 Å². The largest absolute Gasteiger partial charge is 1.00 e. The van der Waals surface area contributed by atoms with Crippen molar-refractivity contribution in [2.24, 2.45) is 4.99 Å². The van der Waals surface area contributed by atoms with E-state index >= 15 is 0 Å². The normalized spacial score (nSPS) is 12.7. The van der Waals surface area contributed by atoms with Crippen LogP contribution in [-0.4, -0.2) is 54.3 Å². The van der Waals surface area contributed by atoms with Crippen molar-refractivity contribution in [3.05, 3.63) is 12.7 Å². The van der Waals surface area contributed by atoms with Gasteiger partial charge in [-0.3, -0.25) is 14.1 Å². The number of carboxylic acids is 1. The second kappa shape index (κ2) is 17.0. The zero-order valence-electron chi connectivity index (χ0n) is 16.3. The van der Waals surface area contributed by atoms with Crippen molar-refractivity contribution >= 4 is 28.0 Å². The van der Waals surface area contributed by atoms with Gasteiger partial charge in [-0.2, -0.15) is 8.42 Å². The fraction of sp³-hybridized carbons (Fsp3) is 0.706. The molecule has 0 aromatic carbocycles. The van der Waals surface area contributed by atoms with Gasteiger partial charge in [0.2, 0.25) is 0 Å². The smallest absolute Gasteiger partial charge is 0.862 e. The number of nitrogens with zero attached hydrogens (tertiary/aromatic N) is 1. The Morgan fingerprint density at radius 3 is 2.25 bits per heavy atom. The topological polar surface area (TPSA) is 153 Å². The molecule has 0 aliphatic heterocycles. The van der Waals surface area contributed by atoms with Crippen LogP contribution in [0.3, 0.4) is 0 Å². The average Bonchev–Trinajstić information content (AvgIpc) is 2.57. The van der Waals surface area contributed by atoms with E-state index in [1.807, 2.05) is 6.08 Å². The van der Waals surface area contributed by atoms with Gasteiger partial charge in [-0.05, 0) is 31.6 Å². The maximum atomic E-state index is 11.6. The van der Waals surface area contributed by atoms with E-state index in [1.54, 1.807) is 0 Å². The first kappa shape index (κ1) is 29.3. The molecule has 0 saturated heterocycles. The molecule has 156 valence electrons. The zero-order chi connectivity index (χ0) is 20.7. The van der Waals surface area contributed by atoms with Gasteiger partial charge in [-0.1, -0.05) is 31.8 Å². The second-order valence-electron chi connectivity index (χ2n) is 5.99. The van der Waals surface area contributed by atoms with Crippen LogP contribution in [0, 0.1) is 0 Å². The zero-order valence-corrected chi connectivity index (χ0v) is 19.2. The number of hydrogen-bond acceptors (Lipinski definition) is 7. The Balaban J connectivity index is 0. The summed E-state index contributed by atoms with van der Waals surface area (Å²) in [5, 5.41) is 17.9. The van der Waals surface area contributed by atoms with Gasteiger partial charge >= 0.3 is 41.5 Å². The monoisotopic (exact) mass is 429 g/mol. The quantitative estimate of drug-likeness (QED) is 0.0562. The number of carbonyl (C=O) groups excluding carboxylic acids is 1. The van der Waals surface area contributed by atoms with Crippen molar-refractivity contribution in [3.63, 3.8) is 0 Å². The van der Waals surface area contributed by atoms with Gasteiger partial charge < -0.3 is 19.9 Å². The summed E-state index contributed by atoms with van der Waals surface area (Å²) in [6.07, 6.45) is 8.15. The molecule has 0 aliphatic carbocycles. The molecule has 0 aliphatic rings. The molecular weight excluding hydrogens is 401 g/mol. The van der Waals surface area contributed by atoms with Crippen LogP contribution in [0.4, 0.5) is 0 Å². The van der Waals surface area contributed by atoms with Crippen LogP contribution in [0.25, 0.3) is 0 Å². The number of aliphatic carboxylic acids is 1. The number of hydrogen-bond donors (Lipinski definition) is 2. The second-order valence-corrected chi connectivity index (χ2v) is 7.59. The van der Waals surface area contributed by atoms with E-state index in [0.29, 0.717) is 6.42 Å². The van der Waals surface area contributed by atoms with E-state index < -0.39 is 33.7 Å². The van der Waals surface area contributed by atoms with Crippen LogP contribution in [-0.2, 0) is 24.4 Å². The summed E-state index contributed by atoms with van der Waals surface area (Å²) in [6, 6.07) is 0. The first-order chi connectivity index (χ1) is 12.7. The van der Waals surface area contributed by atoms with Crippen molar-refractivity contribution in [1.29, 1.82) is 0 Å². The molecule has 1 atom stereocenters. The third kappa shape index (κ3) is 16.1. The van der Waals surface area contributed by atoms with Crippen molar-refractivity contribution in [2.75, 3.05) is 13.2 Å². The number of aliphatic imine (C=N–C) groups is 1. The van der Waals surface area contributed by atoms with Crippen LogP contribution in [0.2, 0.25) is 0 Å². The molecule has 9 nitrogen and oxygen atoms in total. The molecule has 0 heterocycles. The first-order valence-corrected chi connectivity index (χ1v) is 10.3. The van der Waals surface area contributed by atoms with Gasteiger partial charge in [-0.25, -0.2) is 0 Å². The molecule has 0 bridgehead atoms. The maximum Gasteiger partial charge on any atom is 1.00 e. The van der Waals surface area contributed by atoms with Gasteiger partial charge in [0.15, 0.2) is 5.25 Å². The minimum atomic E-state index is -4.90. The third-order valence-corrected chi connectivity index (χ3v) is 4.73. The number of esters is 1. The third-order valence-electron chi connectivity index (χ3n) is 3.66. The van der Waals surface area contributed by atoms with Crippen LogP contribution in [0.1, 0.15) is 57.8 Å². The fourth-order valence-corrected chi connectivity index (χ4v) is 2.89. The van der Waals surface area contributed by atoms with Crippen molar-refractivity contribution in [3.8, 4) is 0 Å². The maximum absolute atomic E-state index is 11.6. The Morgan fingerprint density at radius 2 is 1.71 bits per heavy atom. The Labute approximate surface area is 188 Å². The summed E-state index contributed by atoms with van der Waals surface area (Å²) in [6.45, 7) is 3.13. The number of carboxylic acid groups (broad SMARTS) is 1. The molecular formula is C17H28NNaO8S. The molecule has 0 spiro atoms. The van der Waals surface area contributed by atoms with Crippen LogP contribution < -0.4 is 34.7 Å². The van der Waals surface area contributed by atoms with Gasteiger partial charge in [-0.15, -0.1) is 6.58 Å². The standard InChI is InChI=1S/C17H29NO8S.Na/c1-2-3-4-5-6-7-8-9-10-15(19)18-11-12-26-17(22)14(13-16(20)21)27(23,24)25;/h2,14H,1,3-13H2,(H,18,19)(H,20,21)(H,23,24,25);/q;+1/p-1. The van der Waals surface area contributed by atoms with E-state index in [-0.39, 0.29) is 55.0 Å². The number of rotatable bonds is 16. The van der Waals surface area contributed by atoms with Crippen molar-refractivity contribution in [2.45, 2.75) is 63.0 Å². The molecule has 11 heteroatoms. The van der Waals surface area contributed by atoms with E-state index in [1.165, 1.54) is 0 Å². The van der Waals surface area contributed by atoms with Gasteiger partial charge in [0.25, 0.3) is 10.1 Å². The fourth-order valence-electron chi connectivity index (χ4n) is 2.23. The minimum Gasteiger partial charge on any atom is -0.862 e. The summed E-state index contributed by atoms with van der Waals surface area (Å²) in [5.41, 5.74) is 0. The van der Waals surface area contributed by atoms with E-state index in [4.69, 9.17) is 9.66 Å². The molecule has 0 aromatic rings. The summed E-state index contributed by atoms with van der Waals surface area (Å²) in [5.74, 6) is -3.30. The van der Waals surface area contributed by atoms with Gasteiger partial charge in [0, 0.05) is 0 Å². The molecule has 1 unspecified atom stereocenters. The molecule has 0 rings (SSSR count). The van der Waals surface area contributed by atoms with E-state index in [0.717, 1.165) is 38.5 Å². The predicted molar refractivity (Wildman–Crippen MR) is 98.0 cm³/mol. The molecule has 28 heavy (non-hydrogen) atoms. The van der Waals surface area contributed by atoms with Crippen molar-refractivity contribution < 1.29 is 67.1 Å². The van der Waals surface area contributed by atoms with Gasteiger partial charge in [0.05, 0.1) is 13.0 Å². The molecule has 0 aromatic heterocycles. The summed E-state index contributed by atoms with van der Waals surface area (Å²) >= 11 is 0. The van der Waals surface area contributed by atoms with Crippen LogP contribution in [0.15, 0.2) is 17.6 Å². The molecule has 2 N–H and O–H groups in total. The molecule has 0 fully saturated rings. The SMILES string of the molecule is C=CCCCCCCCCC([O-])=NCCOC(=O)C(CC(=O)O)S(=O)(=O)O.[Na+]. The number of ether oxygens (including phenoxy) is 1. The molecule has 0 radical (unpaired) electrons. The van der Waals surface area contributed by atoms with E-state index in [9.17, 15) is 23.1 Å². The molecule has 0 amide bonds. The summed E-state index contributed by atoms with van der Waals surface area (Å²) < 4.78 is 35.5. The van der Waals surface area contributed by atoms with Gasteiger partial charge in [0.1, 0.15) is 6.61 Å². The summed E-state index contributed by atoms with van der Waals surface area (Å²) in [7, 11) is -4.90. The predicted octanol–water partition coefficient (Wildman–Crippen LogP) is -1.67. The minimum absolute atomic E-state index is 0. The first-order valence-electron chi connectivity index (χ1n) is 8.84. The van der Waals surface area contributed by atoms with Crippen molar-refractivity contribution in [1.82, 2.24) is 0 Å². The Hall–Kier alpha value is -0.940. The van der Waals surface area contributed by atoms with Crippen LogP contribution >= 0.6 is 0 Å². The Bertz CT molecular complexity index is 606. The Kier molecular flexibility index (Phi) is 17.7. The molecule has 0 saturated carbocycles. The number of unbranched alkanes of at least 4 members (excludes halogenated alkanes) is 6. The van der Waals surface area contributed by atoms with Crippen LogP contribution in [0.5, 0.6) is 0 Å². The number of carbonyl (C=O) groups is 2. The number of allylic oxidation sites excluding steroid dienone is 1.